The molecule has 2 rings (SSSR count). The summed E-state index contributed by atoms with van der Waals surface area (Å²) in [6.07, 6.45) is 6.43. The van der Waals surface area contributed by atoms with Gasteiger partial charge in [0.2, 0.25) is 0 Å². The highest BCUT2D eigenvalue weighted by atomic mass is 79.9. The molecule has 0 aromatic carbocycles. The molecule has 1 saturated carbocycles. The Morgan fingerprint density at radius 1 is 1.44 bits per heavy atom. The number of halogens is 1. The van der Waals surface area contributed by atoms with Crippen molar-refractivity contribution in [1.82, 2.24) is 0 Å². The molecule has 1 aromatic rings. The van der Waals surface area contributed by atoms with Crippen LogP contribution in [0.1, 0.15) is 37.0 Å². The molecule has 0 saturated heterocycles. The molecule has 2 nitrogen and oxygen atoms in total. The van der Waals surface area contributed by atoms with E-state index >= 15 is 0 Å². The number of hydrogen-bond donors (Lipinski definition) is 1. The smallest absolute Gasteiger partial charge is 0.0972 e. The van der Waals surface area contributed by atoms with E-state index in [0.717, 1.165) is 16.9 Å². The molecule has 0 radical (unpaired) electrons. The predicted octanol–water partition coefficient (Wildman–Crippen LogP) is 3.95. The Bertz CT molecular complexity index is 367. The molecule has 16 heavy (non-hydrogen) atoms. The average molecular weight is 301 g/mol. The summed E-state index contributed by atoms with van der Waals surface area (Å²) in [6, 6.07) is 2.06. The van der Waals surface area contributed by atoms with Gasteiger partial charge in [0.15, 0.2) is 0 Å². The molecular formula is C12H17BrN2S. The van der Waals surface area contributed by atoms with Gasteiger partial charge in [0.25, 0.3) is 0 Å². The van der Waals surface area contributed by atoms with Crippen molar-refractivity contribution in [3.8, 4) is 0 Å². The lowest BCUT2D eigenvalue weighted by molar-refractivity contribution is 0.436. The van der Waals surface area contributed by atoms with Gasteiger partial charge in [-0.05, 0) is 40.2 Å². The van der Waals surface area contributed by atoms with Gasteiger partial charge in [-0.2, -0.15) is 0 Å². The van der Waals surface area contributed by atoms with E-state index < -0.39 is 0 Å². The molecule has 4 heteroatoms. The highest BCUT2D eigenvalue weighted by Gasteiger charge is 2.16. The van der Waals surface area contributed by atoms with Crippen LogP contribution in [0.15, 0.2) is 20.9 Å². The first kappa shape index (κ1) is 12.1. The fraction of sp³-hybridized carbons (Fsp3) is 0.583. The zero-order valence-corrected chi connectivity index (χ0v) is 11.7. The Labute approximate surface area is 109 Å². The number of nitrogens with two attached hydrogens (primary N) is 1. The third kappa shape index (κ3) is 3.08. The van der Waals surface area contributed by atoms with Crippen molar-refractivity contribution in [2.75, 3.05) is 0 Å². The second-order valence-corrected chi connectivity index (χ2v) is 6.12. The minimum atomic E-state index is 0.535. The quantitative estimate of drug-likeness (QED) is 0.666. The van der Waals surface area contributed by atoms with E-state index in [1.807, 2.05) is 0 Å². The van der Waals surface area contributed by atoms with E-state index in [2.05, 4.69) is 32.4 Å². The number of rotatable bonds is 3. The molecule has 0 aliphatic heterocycles. The number of nitrogens with zero attached hydrogens (tertiary/aromatic N) is 1. The van der Waals surface area contributed by atoms with E-state index in [0.29, 0.717) is 5.92 Å². The van der Waals surface area contributed by atoms with Gasteiger partial charge in [0.1, 0.15) is 0 Å². The molecule has 88 valence electrons. The van der Waals surface area contributed by atoms with Crippen LogP contribution in [0.5, 0.6) is 0 Å². The molecular weight excluding hydrogens is 284 g/mol. The molecule has 1 fully saturated rings. The van der Waals surface area contributed by atoms with Crippen molar-refractivity contribution < 1.29 is 0 Å². The average Bonchev–Trinajstić information content (AvgIpc) is 2.73. The van der Waals surface area contributed by atoms with Gasteiger partial charge in [-0.25, -0.2) is 0 Å². The fourth-order valence-electron chi connectivity index (χ4n) is 2.13. The monoisotopic (exact) mass is 300 g/mol. The summed E-state index contributed by atoms with van der Waals surface area (Å²) >= 11 is 5.24. The summed E-state index contributed by atoms with van der Waals surface area (Å²) in [4.78, 5) is 5.79. The van der Waals surface area contributed by atoms with Gasteiger partial charge in [0, 0.05) is 15.3 Å². The third-order valence-electron chi connectivity index (χ3n) is 3.12. The Balaban J connectivity index is 1.93. The highest BCUT2D eigenvalue weighted by Crippen LogP contribution is 2.26. The first-order valence-corrected chi connectivity index (χ1v) is 7.46. The van der Waals surface area contributed by atoms with Gasteiger partial charge >= 0.3 is 0 Å². The van der Waals surface area contributed by atoms with Gasteiger partial charge in [-0.15, -0.1) is 11.3 Å². The van der Waals surface area contributed by atoms with E-state index in [9.17, 15) is 0 Å². The van der Waals surface area contributed by atoms with Crippen molar-refractivity contribution in [3.05, 3.63) is 20.8 Å². The lowest BCUT2D eigenvalue weighted by atomic mass is 9.88. The summed E-state index contributed by atoms with van der Waals surface area (Å²) < 4.78 is 1.15. The highest BCUT2D eigenvalue weighted by molar-refractivity contribution is 9.10. The summed E-state index contributed by atoms with van der Waals surface area (Å²) in [7, 11) is 0. The predicted molar refractivity (Wildman–Crippen MR) is 73.9 cm³/mol. The minimum Gasteiger partial charge on any atom is -0.387 e. The van der Waals surface area contributed by atoms with E-state index in [-0.39, 0.29) is 0 Å². The number of aliphatic imine (C=N–C) groups is 1. The molecule has 0 bridgehead atoms. The van der Waals surface area contributed by atoms with Gasteiger partial charge in [0.05, 0.1) is 12.4 Å². The lowest BCUT2D eigenvalue weighted by Gasteiger charge is -2.20. The first-order chi connectivity index (χ1) is 7.77. The van der Waals surface area contributed by atoms with Crippen LogP contribution >= 0.6 is 27.3 Å². The summed E-state index contributed by atoms with van der Waals surface area (Å²) in [5.41, 5.74) is 6.05. The molecule has 1 aliphatic carbocycles. The summed E-state index contributed by atoms with van der Waals surface area (Å²) in [5, 5.41) is 2.08. The standard InChI is InChI=1S/C12H17BrN2S/c13-10-6-7-16-11(10)8-15-12(14)9-4-2-1-3-5-9/h6-7,9H,1-5,8H2,(H2,14,15). The maximum absolute atomic E-state index is 6.05. The maximum atomic E-state index is 6.05. The van der Waals surface area contributed by atoms with Crippen LogP contribution in [-0.4, -0.2) is 5.84 Å². The van der Waals surface area contributed by atoms with Crippen molar-refractivity contribution in [1.29, 1.82) is 0 Å². The zero-order chi connectivity index (χ0) is 11.4. The largest absolute Gasteiger partial charge is 0.387 e. The molecule has 1 aromatic heterocycles. The molecule has 1 aliphatic rings. The minimum absolute atomic E-state index is 0.535. The topological polar surface area (TPSA) is 38.4 Å². The number of hydrogen-bond acceptors (Lipinski definition) is 2. The second kappa shape index (κ2) is 5.82. The molecule has 2 N–H and O–H groups in total. The van der Waals surface area contributed by atoms with Crippen molar-refractivity contribution in [2.24, 2.45) is 16.6 Å². The Morgan fingerprint density at radius 2 is 2.19 bits per heavy atom. The first-order valence-electron chi connectivity index (χ1n) is 5.79. The molecule has 0 unspecified atom stereocenters. The maximum Gasteiger partial charge on any atom is 0.0972 e. The Hall–Kier alpha value is -0.350. The summed E-state index contributed by atoms with van der Waals surface area (Å²) in [5.74, 6) is 1.40. The van der Waals surface area contributed by atoms with Crippen LogP contribution in [-0.2, 0) is 6.54 Å². The normalized spacial score (nSPS) is 18.9. The molecule has 1 heterocycles. The van der Waals surface area contributed by atoms with Crippen LogP contribution in [0.3, 0.4) is 0 Å². The fourth-order valence-corrected chi connectivity index (χ4v) is 3.53. The van der Waals surface area contributed by atoms with Crippen molar-refractivity contribution >= 4 is 33.1 Å². The SMILES string of the molecule is NC(=NCc1sccc1Br)C1CCCCC1. The van der Waals surface area contributed by atoms with E-state index in [4.69, 9.17) is 5.73 Å². The number of amidine groups is 1. The van der Waals surface area contributed by atoms with Gasteiger partial charge < -0.3 is 5.73 Å². The van der Waals surface area contributed by atoms with Gasteiger partial charge in [-0.1, -0.05) is 19.3 Å². The number of thiophene rings is 1. The van der Waals surface area contributed by atoms with Gasteiger partial charge in [-0.3, -0.25) is 4.99 Å². The summed E-state index contributed by atoms with van der Waals surface area (Å²) in [6.45, 7) is 0.723. The van der Waals surface area contributed by atoms with Crippen LogP contribution in [0, 0.1) is 5.92 Å². The Kier molecular flexibility index (Phi) is 4.41. The second-order valence-electron chi connectivity index (χ2n) is 4.27. The van der Waals surface area contributed by atoms with E-state index in [1.54, 1.807) is 11.3 Å². The van der Waals surface area contributed by atoms with Crippen LogP contribution in [0.25, 0.3) is 0 Å². The van der Waals surface area contributed by atoms with E-state index in [1.165, 1.54) is 37.0 Å². The zero-order valence-electron chi connectivity index (χ0n) is 9.29. The molecule has 0 amide bonds. The van der Waals surface area contributed by atoms with Crippen LogP contribution in [0.4, 0.5) is 0 Å². The third-order valence-corrected chi connectivity index (χ3v) is 5.03. The molecule has 0 atom stereocenters. The van der Waals surface area contributed by atoms with Crippen LogP contribution in [0.2, 0.25) is 0 Å². The van der Waals surface area contributed by atoms with Crippen molar-refractivity contribution in [3.63, 3.8) is 0 Å². The van der Waals surface area contributed by atoms with Crippen molar-refractivity contribution in [2.45, 2.75) is 38.6 Å². The lowest BCUT2D eigenvalue weighted by Crippen LogP contribution is -2.25. The molecule has 0 spiro atoms. The Morgan fingerprint density at radius 3 is 2.81 bits per heavy atom. The van der Waals surface area contributed by atoms with Crippen LogP contribution < -0.4 is 5.73 Å².